The Labute approximate surface area is 120 Å². The second kappa shape index (κ2) is 5.29. The summed E-state index contributed by atoms with van der Waals surface area (Å²) >= 11 is 0. The number of anilines is 1. The monoisotopic (exact) mass is 291 g/mol. The highest BCUT2D eigenvalue weighted by Crippen LogP contribution is 2.18. The van der Waals surface area contributed by atoms with Crippen molar-refractivity contribution in [2.24, 2.45) is 0 Å². The quantitative estimate of drug-likeness (QED) is 0.908. The second-order valence-electron chi connectivity index (χ2n) is 5.09. The normalized spacial score (nSPS) is 13.6. The molecule has 0 spiro atoms. The SMILES string of the molecule is CN1NCc2[nH]c(CCc3cccc(F)c3F)cc(=O)c21. The molecule has 0 saturated heterocycles. The Kier molecular flexibility index (Phi) is 3.47. The lowest BCUT2D eigenvalue weighted by Gasteiger charge is -2.11. The predicted molar refractivity (Wildman–Crippen MR) is 76.1 cm³/mol. The zero-order chi connectivity index (χ0) is 15.0. The summed E-state index contributed by atoms with van der Waals surface area (Å²) in [5.41, 5.74) is 5.42. The zero-order valence-corrected chi connectivity index (χ0v) is 11.5. The number of H-pyrrole nitrogens is 1. The molecule has 2 N–H and O–H groups in total. The molecule has 0 atom stereocenters. The van der Waals surface area contributed by atoms with E-state index in [1.165, 1.54) is 12.1 Å². The second-order valence-corrected chi connectivity index (χ2v) is 5.09. The van der Waals surface area contributed by atoms with Crippen LogP contribution in [0.1, 0.15) is 17.0 Å². The molecule has 0 radical (unpaired) electrons. The number of fused-ring (bicyclic) bond motifs is 1. The van der Waals surface area contributed by atoms with E-state index in [1.54, 1.807) is 18.1 Å². The average Bonchev–Trinajstić information content (AvgIpc) is 2.82. The molecule has 0 fully saturated rings. The third kappa shape index (κ3) is 2.54. The highest BCUT2D eigenvalue weighted by Gasteiger charge is 2.19. The van der Waals surface area contributed by atoms with Crippen LogP contribution in [0.5, 0.6) is 0 Å². The van der Waals surface area contributed by atoms with E-state index in [0.717, 1.165) is 17.5 Å². The molecule has 0 unspecified atom stereocenters. The number of aromatic nitrogens is 1. The van der Waals surface area contributed by atoms with Crippen molar-refractivity contribution in [2.45, 2.75) is 19.4 Å². The van der Waals surface area contributed by atoms with Gasteiger partial charge in [0.15, 0.2) is 11.6 Å². The van der Waals surface area contributed by atoms with Crippen LogP contribution in [0.25, 0.3) is 0 Å². The standard InChI is InChI=1S/C15H15F2N3O/c1-20-15-12(8-18-20)19-10(7-13(15)21)6-5-9-3-2-4-11(16)14(9)17/h2-4,7,18H,5-6,8H2,1H3,(H,19,21). The van der Waals surface area contributed by atoms with Gasteiger partial charge >= 0.3 is 0 Å². The van der Waals surface area contributed by atoms with Crippen LogP contribution < -0.4 is 15.9 Å². The van der Waals surface area contributed by atoms with E-state index < -0.39 is 11.6 Å². The third-order valence-electron chi connectivity index (χ3n) is 3.66. The Morgan fingerprint density at radius 1 is 1.29 bits per heavy atom. The molecule has 4 nitrogen and oxygen atoms in total. The summed E-state index contributed by atoms with van der Waals surface area (Å²) < 4.78 is 26.7. The minimum atomic E-state index is -0.847. The number of pyridine rings is 1. The lowest BCUT2D eigenvalue weighted by Crippen LogP contribution is -2.29. The van der Waals surface area contributed by atoms with Crippen LogP contribution in [-0.2, 0) is 19.4 Å². The largest absolute Gasteiger partial charge is 0.359 e. The minimum absolute atomic E-state index is 0.0778. The molecule has 110 valence electrons. The van der Waals surface area contributed by atoms with E-state index in [2.05, 4.69) is 10.4 Å². The number of hydrazine groups is 1. The third-order valence-corrected chi connectivity index (χ3v) is 3.66. The van der Waals surface area contributed by atoms with E-state index in [1.807, 2.05) is 0 Å². The van der Waals surface area contributed by atoms with Gasteiger partial charge in [0, 0.05) is 18.8 Å². The number of nitrogens with one attached hydrogen (secondary N) is 2. The lowest BCUT2D eigenvalue weighted by molar-refractivity contribution is 0.498. The minimum Gasteiger partial charge on any atom is -0.359 e. The molecule has 1 aliphatic rings. The Bertz CT molecular complexity index is 742. The summed E-state index contributed by atoms with van der Waals surface area (Å²) in [7, 11) is 1.78. The van der Waals surface area contributed by atoms with Crippen LogP contribution >= 0.6 is 0 Å². The maximum Gasteiger partial charge on any atom is 0.206 e. The van der Waals surface area contributed by atoms with Gasteiger partial charge < -0.3 is 9.99 Å². The molecule has 1 aliphatic heterocycles. The number of hydrogen-bond donors (Lipinski definition) is 2. The van der Waals surface area contributed by atoms with Gasteiger partial charge in [0.1, 0.15) is 5.69 Å². The van der Waals surface area contributed by atoms with Gasteiger partial charge in [0.25, 0.3) is 0 Å². The van der Waals surface area contributed by atoms with Crippen LogP contribution in [0.4, 0.5) is 14.5 Å². The first-order valence-electron chi connectivity index (χ1n) is 6.71. The Morgan fingerprint density at radius 3 is 2.90 bits per heavy atom. The van der Waals surface area contributed by atoms with E-state index in [0.29, 0.717) is 30.6 Å². The Morgan fingerprint density at radius 2 is 2.10 bits per heavy atom. The summed E-state index contributed by atoms with van der Waals surface area (Å²) in [5.74, 6) is -1.66. The predicted octanol–water partition coefficient (Wildman–Crippen LogP) is 1.89. The summed E-state index contributed by atoms with van der Waals surface area (Å²) in [6, 6.07) is 5.65. The Hall–Kier alpha value is -2.21. The van der Waals surface area contributed by atoms with Crippen molar-refractivity contribution in [3.8, 4) is 0 Å². The fraction of sp³-hybridized carbons (Fsp3) is 0.267. The first kappa shape index (κ1) is 13.8. The smallest absolute Gasteiger partial charge is 0.206 e. The van der Waals surface area contributed by atoms with Gasteiger partial charge in [-0.2, -0.15) is 0 Å². The lowest BCUT2D eigenvalue weighted by atomic mass is 10.1. The van der Waals surface area contributed by atoms with Crippen molar-refractivity contribution in [2.75, 3.05) is 12.1 Å². The van der Waals surface area contributed by atoms with E-state index in [-0.39, 0.29) is 5.43 Å². The summed E-state index contributed by atoms with van der Waals surface area (Å²) in [6.07, 6.45) is 0.786. The Balaban J connectivity index is 1.82. The van der Waals surface area contributed by atoms with Crippen LogP contribution in [0.15, 0.2) is 29.1 Å². The molecule has 21 heavy (non-hydrogen) atoms. The fourth-order valence-electron chi connectivity index (χ4n) is 2.58. The average molecular weight is 291 g/mol. The first-order valence-corrected chi connectivity index (χ1v) is 6.71. The van der Waals surface area contributed by atoms with Crippen LogP contribution in [0, 0.1) is 11.6 Å². The van der Waals surface area contributed by atoms with Gasteiger partial charge in [-0.15, -0.1) is 0 Å². The number of benzene rings is 1. The summed E-state index contributed by atoms with van der Waals surface area (Å²) in [6.45, 7) is 0.559. The zero-order valence-electron chi connectivity index (χ0n) is 11.5. The topological polar surface area (TPSA) is 48.1 Å². The van der Waals surface area contributed by atoms with Crippen molar-refractivity contribution >= 4 is 5.69 Å². The number of hydrogen-bond acceptors (Lipinski definition) is 3. The van der Waals surface area contributed by atoms with Gasteiger partial charge in [0.2, 0.25) is 5.43 Å². The van der Waals surface area contributed by atoms with Gasteiger partial charge in [-0.25, -0.2) is 14.2 Å². The van der Waals surface area contributed by atoms with Gasteiger partial charge in [-0.1, -0.05) is 12.1 Å². The van der Waals surface area contributed by atoms with Gasteiger partial charge in [0.05, 0.1) is 12.2 Å². The molecule has 0 aliphatic carbocycles. The van der Waals surface area contributed by atoms with Crippen LogP contribution in [0.2, 0.25) is 0 Å². The molecule has 3 rings (SSSR count). The first-order chi connectivity index (χ1) is 10.1. The number of aryl methyl sites for hydroxylation is 2. The maximum absolute atomic E-state index is 13.6. The summed E-state index contributed by atoms with van der Waals surface area (Å²) in [5, 5.41) is 1.68. The molecular weight excluding hydrogens is 276 g/mol. The molecule has 1 aromatic heterocycles. The maximum atomic E-state index is 13.6. The fourth-order valence-corrected chi connectivity index (χ4v) is 2.58. The number of rotatable bonds is 3. The molecular formula is C15H15F2N3O. The van der Waals surface area contributed by atoms with Crippen LogP contribution in [0.3, 0.4) is 0 Å². The molecule has 1 aromatic carbocycles. The number of nitrogens with zero attached hydrogens (tertiary/aromatic N) is 1. The molecule has 0 saturated carbocycles. The van der Waals surface area contributed by atoms with E-state index >= 15 is 0 Å². The van der Waals surface area contributed by atoms with Crippen LogP contribution in [-0.4, -0.2) is 12.0 Å². The van der Waals surface area contributed by atoms with E-state index in [4.69, 9.17) is 0 Å². The van der Waals surface area contributed by atoms with Crippen molar-refractivity contribution in [3.05, 3.63) is 63.1 Å². The molecule has 6 heteroatoms. The van der Waals surface area contributed by atoms with Gasteiger partial charge in [-0.05, 0) is 24.5 Å². The number of halogens is 2. The number of aromatic amines is 1. The molecule has 2 heterocycles. The van der Waals surface area contributed by atoms with Crippen molar-refractivity contribution in [1.82, 2.24) is 10.4 Å². The highest BCUT2D eigenvalue weighted by atomic mass is 19.2. The summed E-state index contributed by atoms with van der Waals surface area (Å²) in [4.78, 5) is 15.2. The van der Waals surface area contributed by atoms with Crippen molar-refractivity contribution in [1.29, 1.82) is 0 Å². The molecule has 2 aromatic rings. The van der Waals surface area contributed by atoms with Gasteiger partial charge in [-0.3, -0.25) is 4.79 Å². The van der Waals surface area contributed by atoms with E-state index in [9.17, 15) is 13.6 Å². The van der Waals surface area contributed by atoms with Crippen molar-refractivity contribution in [3.63, 3.8) is 0 Å². The molecule has 0 amide bonds. The van der Waals surface area contributed by atoms with Crippen molar-refractivity contribution < 1.29 is 8.78 Å². The highest BCUT2D eigenvalue weighted by molar-refractivity contribution is 5.52. The molecule has 0 bridgehead atoms.